The van der Waals surface area contributed by atoms with Gasteiger partial charge in [-0.15, -0.1) is 0 Å². The third-order valence-electron chi connectivity index (χ3n) is 7.29. The van der Waals surface area contributed by atoms with Crippen molar-refractivity contribution in [2.45, 2.75) is 18.9 Å². The minimum atomic E-state index is -0.604. The molecular formula is C29H31FN6O6. The fourth-order valence-corrected chi connectivity index (χ4v) is 5.05. The highest BCUT2D eigenvalue weighted by molar-refractivity contribution is 6.00. The van der Waals surface area contributed by atoms with Gasteiger partial charge in [-0.05, 0) is 36.8 Å². The topological polar surface area (TPSA) is 140 Å². The Kier molecular flexibility index (Phi) is 8.36. The number of ether oxygens (including phenoxy) is 3. The first kappa shape index (κ1) is 28.6. The minimum absolute atomic E-state index is 0.0982. The molecule has 220 valence electrons. The highest BCUT2D eigenvalue weighted by Crippen LogP contribution is 2.31. The van der Waals surface area contributed by atoms with E-state index in [0.717, 1.165) is 0 Å². The minimum Gasteiger partial charge on any atom is -0.496 e. The van der Waals surface area contributed by atoms with Crippen LogP contribution in [0.4, 0.5) is 20.8 Å². The van der Waals surface area contributed by atoms with Crippen molar-refractivity contribution in [2.24, 2.45) is 5.73 Å². The summed E-state index contributed by atoms with van der Waals surface area (Å²) in [4.78, 5) is 50.5. The van der Waals surface area contributed by atoms with Gasteiger partial charge in [-0.2, -0.15) is 0 Å². The molecule has 0 radical (unpaired) electrons. The average molecular weight is 579 g/mol. The van der Waals surface area contributed by atoms with Crippen LogP contribution in [-0.2, 0) is 9.53 Å². The van der Waals surface area contributed by atoms with Gasteiger partial charge in [-0.25, -0.2) is 19.2 Å². The van der Waals surface area contributed by atoms with Gasteiger partial charge in [-0.3, -0.25) is 14.5 Å². The van der Waals surface area contributed by atoms with E-state index in [-0.39, 0.29) is 24.4 Å². The first-order valence-electron chi connectivity index (χ1n) is 13.4. The molecule has 13 heteroatoms. The van der Waals surface area contributed by atoms with Crippen molar-refractivity contribution < 1.29 is 33.0 Å². The molecule has 2 N–H and O–H groups in total. The zero-order chi connectivity index (χ0) is 29.8. The van der Waals surface area contributed by atoms with Crippen LogP contribution in [-0.4, -0.2) is 85.8 Å². The summed E-state index contributed by atoms with van der Waals surface area (Å²) in [6, 6.07) is 9.65. The summed E-state index contributed by atoms with van der Waals surface area (Å²) in [6.45, 7) is 2.12. The van der Waals surface area contributed by atoms with Crippen molar-refractivity contribution in [1.29, 1.82) is 0 Å². The maximum Gasteiger partial charge on any atom is 0.414 e. The normalized spacial score (nSPS) is 16.8. The second-order valence-electron chi connectivity index (χ2n) is 9.87. The summed E-state index contributed by atoms with van der Waals surface area (Å²) >= 11 is 0. The Morgan fingerprint density at radius 2 is 1.71 bits per heavy atom. The quantitative estimate of drug-likeness (QED) is 0.406. The summed E-state index contributed by atoms with van der Waals surface area (Å²) < 4.78 is 31.2. The number of aromatic nitrogens is 2. The van der Waals surface area contributed by atoms with Crippen LogP contribution in [0.1, 0.15) is 23.2 Å². The van der Waals surface area contributed by atoms with Crippen LogP contribution in [0.15, 0.2) is 48.8 Å². The number of rotatable bonds is 9. The van der Waals surface area contributed by atoms with Crippen molar-refractivity contribution in [3.63, 3.8) is 0 Å². The first-order valence-corrected chi connectivity index (χ1v) is 13.4. The highest BCUT2D eigenvalue weighted by atomic mass is 19.1. The summed E-state index contributed by atoms with van der Waals surface area (Å²) in [5.41, 5.74) is 6.66. The predicted octanol–water partition coefficient (Wildman–Crippen LogP) is 2.85. The van der Waals surface area contributed by atoms with E-state index in [9.17, 15) is 14.4 Å². The molecule has 3 aromatic rings. The Bertz CT molecular complexity index is 1460. The largest absolute Gasteiger partial charge is 0.496 e. The summed E-state index contributed by atoms with van der Waals surface area (Å²) in [5.74, 6) is 0.172. The van der Waals surface area contributed by atoms with Crippen LogP contribution >= 0.6 is 0 Å². The zero-order valence-corrected chi connectivity index (χ0v) is 23.3. The molecule has 0 saturated carbocycles. The van der Waals surface area contributed by atoms with Gasteiger partial charge in [0, 0.05) is 56.1 Å². The SMILES string of the molecule is COc1cccc(OC)c1C(=O)N1CCN(c2ncc(-c3ccc(N4CC(CCC(N)=O)OC4=O)cc3F)cn2)CC1. The number of cyclic esters (lactones) is 1. The Morgan fingerprint density at radius 3 is 2.31 bits per heavy atom. The van der Waals surface area contributed by atoms with Gasteiger partial charge in [0.2, 0.25) is 11.9 Å². The Hall–Kier alpha value is -4.94. The van der Waals surface area contributed by atoms with E-state index in [1.54, 1.807) is 47.6 Å². The van der Waals surface area contributed by atoms with Crippen LogP contribution in [0.25, 0.3) is 11.1 Å². The van der Waals surface area contributed by atoms with Crippen molar-refractivity contribution in [3.8, 4) is 22.6 Å². The molecule has 2 aromatic carbocycles. The summed E-state index contributed by atoms with van der Waals surface area (Å²) in [5, 5.41) is 0. The van der Waals surface area contributed by atoms with Crippen LogP contribution in [0.3, 0.4) is 0 Å². The molecule has 2 aliphatic rings. The van der Waals surface area contributed by atoms with Crippen LogP contribution < -0.4 is 25.0 Å². The number of methoxy groups -OCH3 is 2. The Labute approximate surface area is 241 Å². The van der Waals surface area contributed by atoms with E-state index in [2.05, 4.69) is 9.97 Å². The number of carbonyl (C=O) groups excluding carboxylic acids is 3. The molecule has 42 heavy (non-hydrogen) atoms. The number of benzene rings is 2. The number of halogens is 1. The Balaban J connectivity index is 1.22. The van der Waals surface area contributed by atoms with E-state index in [4.69, 9.17) is 19.9 Å². The number of nitrogens with two attached hydrogens (primary N) is 1. The average Bonchev–Trinajstić information content (AvgIpc) is 3.39. The van der Waals surface area contributed by atoms with Gasteiger partial charge in [0.15, 0.2) is 0 Å². The first-order chi connectivity index (χ1) is 20.3. The van der Waals surface area contributed by atoms with Crippen molar-refractivity contribution in [3.05, 3.63) is 60.2 Å². The highest BCUT2D eigenvalue weighted by Gasteiger charge is 2.33. The number of carbonyl (C=O) groups is 3. The molecule has 1 atom stereocenters. The second kappa shape index (κ2) is 12.3. The molecule has 1 aromatic heterocycles. The van der Waals surface area contributed by atoms with E-state index < -0.39 is 23.9 Å². The standard InChI is InChI=1S/C29H31FN6O6/c1-40-23-4-3-5-24(41-2)26(23)27(38)34-10-12-35(13-11-34)28-32-15-18(16-33-28)21-8-6-19(14-22(21)30)36-17-20(42-29(36)39)7-9-25(31)37/h3-6,8,14-16,20H,7,9-13,17H2,1-2H3,(H2,31,37). The van der Waals surface area contributed by atoms with Crippen molar-refractivity contribution >= 4 is 29.5 Å². The molecule has 0 aliphatic carbocycles. The molecule has 2 aliphatic heterocycles. The van der Waals surface area contributed by atoms with E-state index >= 15 is 4.39 Å². The fraction of sp³-hybridized carbons (Fsp3) is 0.345. The molecule has 2 fully saturated rings. The molecule has 3 heterocycles. The Morgan fingerprint density at radius 1 is 1.05 bits per heavy atom. The third kappa shape index (κ3) is 5.90. The summed E-state index contributed by atoms with van der Waals surface area (Å²) in [7, 11) is 3.03. The number of amides is 3. The third-order valence-corrected chi connectivity index (χ3v) is 7.29. The smallest absolute Gasteiger partial charge is 0.414 e. The van der Waals surface area contributed by atoms with E-state index in [0.29, 0.717) is 66.9 Å². The molecule has 1 unspecified atom stereocenters. The molecule has 12 nitrogen and oxygen atoms in total. The molecule has 0 spiro atoms. The lowest BCUT2D eigenvalue weighted by Crippen LogP contribution is -2.49. The number of primary amides is 1. The zero-order valence-electron chi connectivity index (χ0n) is 23.3. The van der Waals surface area contributed by atoms with Gasteiger partial charge in [0.05, 0.1) is 26.5 Å². The number of piperazine rings is 1. The lowest BCUT2D eigenvalue weighted by atomic mass is 10.1. The number of hydrogen-bond donors (Lipinski definition) is 1. The van der Waals surface area contributed by atoms with E-state index in [1.165, 1.54) is 25.2 Å². The van der Waals surface area contributed by atoms with Gasteiger partial charge >= 0.3 is 6.09 Å². The van der Waals surface area contributed by atoms with Crippen LogP contribution in [0.5, 0.6) is 11.5 Å². The lowest BCUT2D eigenvalue weighted by molar-refractivity contribution is -0.118. The molecule has 2 saturated heterocycles. The predicted molar refractivity (Wildman–Crippen MR) is 151 cm³/mol. The van der Waals surface area contributed by atoms with Crippen molar-refractivity contribution in [2.75, 3.05) is 56.7 Å². The van der Waals surface area contributed by atoms with Crippen LogP contribution in [0, 0.1) is 5.82 Å². The maximum atomic E-state index is 15.1. The van der Waals surface area contributed by atoms with Crippen molar-refractivity contribution in [1.82, 2.24) is 14.9 Å². The van der Waals surface area contributed by atoms with E-state index in [1.807, 2.05) is 4.90 Å². The fourth-order valence-electron chi connectivity index (χ4n) is 5.05. The molecule has 0 bridgehead atoms. The maximum absolute atomic E-state index is 15.1. The van der Waals surface area contributed by atoms with Gasteiger partial charge in [0.1, 0.15) is 29.0 Å². The molecule has 3 amide bonds. The molecule has 5 rings (SSSR count). The number of hydrogen-bond acceptors (Lipinski definition) is 9. The second-order valence-corrected chi connectivity index (χ2v) is 9.87. The van der Waals surface area contributed by atoms with Gasteiger partial charge in [-0.1, -0.05) is 6.07 Å². The number of anilines is 2. The lowest BCUT2D eigenvalue weighted by Gasteiger charge is -2.35. The summed E-state index contributed by atoms with van der Waals surface area (Å²) in [6.07, 6.45) is 2.40. The monoisotopic (exact) mass is 578 g/mol. The van der Waals surface area contributed by atoms with Crippen LogP contribution in [0.2, 0.25) is 0 Å². The number of nitrogens with zero attached hydrogens (tertiary/aromatic N) is 5. The van der Waals surface area contributed by atoms with Gasteiger partial charge in [0.25, 0.3) is 5.91 Å². The molecular weight excluding hydrogens is 547 g/mol. The van der Waals surface area contributed by atoms with Gasteiger partial charge < -0.3 is 29.7 Å².